The van der Waals surface area contributed by atoms with E-state index >= 15 is 0 Å². The van der Waals surface area contributed by atoms with Gasteiger partial charge in [-0.1, -0.05) is 5.10 Å². The number of aromatic amines is 1. The quantitative estimate of drug-likeness (QED) is 0.625. The molecule has 0 radical (unpaired) electrons. The summed E-state index contributed by atoms with van der Waals surface area (Å²) in [5.41, 5.74) is 6.07. The molecule has 4 N–H and O–H groups in total. The number of rotatable bonds is 2. The molecule has 4 atom stereocenters. The van der Waals surface area contributed by atoms with Gasteiger partial charge in [0.15, 0.2) is 0 Å². The lowest BCUT2D eigenvalue weighted by Gasteiger charge is -2.26. The molecule has 1 aromatic rings. The molecule has 2 fully saturated rings. The second-order valence-electron chi connectivity index (χ2n) is 4.66. The van der Waals surface area contributed by atoms with Gasteiger partial charge in [-0.15, -0.1) is 5.10 Å². The van der Waals surface area contributed by atoms with E-state index in [0.29, 0.717) is 11.8 Å². The lowest BCUT2D eigenvalue weighted by Crippen LogP contribution is -2.42. The van der Waals surface area contributed by atoms with Crippen molar-refractivity contribution in [3.05, 3.63) is 0 Å². The van der Waals surface area contributed by atoms with Crippen LogP contribution in [0.5, 0.6) is 0 Å². The number of aromatic nitrogens is 4. The summed E-state index contributed by atoms with van der Waals surface area (Å²) in [5, 5.41) is 15.7. The van der Waals surface area contributed by atoms with Gasteiger partial charge in [-0.05, 0) is 36.3 Å². The minimum atomic E-state index is -0.0859. The van der Waals surface area contributed by atoms with Crippen molar-refractivity contribution >= 4 is 11.9 Å². The molecule has 2 aliphatic rings. The number of carbonyl (C=O) groups is 1. The third-order valence-electron chi connectivity index (χ3n) is 3.86. The maximum atomic E-state index is 12.0. The van der Waals surface area contributed by atoms with E-state index in [-0.39, 0.29) is 23.8 Å². The summed E-state index contributed by atoms with van der Waals surface area (Å²) in [6.07, 6.45) is 3.37. The molecule has 7 nitrogen and oxygen atoms in total. The number of fused-ring (bicyclic) bond motifs is 2. The minimum Gasteiger partial charge on any atom is -0.327 e. The molecule has 1 aromatic heterocycles. The first-order valence-electron chi connectivity index (χ1n) is 5.55. The molecule has 3 rings (SSSR count). The van der Waals surface area contributed by atoms with E-state index in [0.717, 1.165) is 19.3 Å². The summed E-state index contributed by atoms with van der Waals surface area (Å²) < 4.78 is 0. The van der Waals surface area contributed by atoms with E-state index in [4.69, 9.17) is 5.73 Å². The van der Waals surface area contributed by atoms with Crippen molar-refractivity contribution < 1.29 is 4.79 Å². The van der Waals surface area contributed by atoms with Crippen LogP contribution in [0, 0.1) is 17.8 Å². The molecule has 2 bridgehead atoms. The Hall–Kier alpha value is -1.50. The molecular weight excluding hydrogens is 208 g/mol. The Bertz CT molecular complexity index is 389. The van der Waals surface area contributed by atoms with Gasteiger partial charge in [0.1, 0.15) is 0 Å². The van der Waals surface area contributed by atoms with Crippen LogP contribution in [0.25, 0.3) is 0 Å². The highest BCUT2D eigenvalue weighted by Crippen LogP contribution is 2.47. The zero-order chi connectivity index (χ0) is 11.1. The average molecular weight is 222 g/mol. The standard InChI is InChI=1S/C9H14N6O/c10-7-5-2-1-4(3-5)6(7)8(16)11-9-12-14-15-13-9/h4-7H,1-3,10H2,(H2,11,12,13,14,15,16). The van der Waals surface area contributed by atoms with Gasteiger partial charge in [-0.2, -0.15) is 5.21 Å². The Morgan fingerprint density at radius 2 is 2.25 bits per heavy atom. The average Bonchev–Trinajstić information content (AvgIpc) is 2.92. The fourth-order valence-corrected chi connectivity index (χ4v) is 3.13. The zero-order valence-electron chi connectivity index (χ0n) is 8.76. The molecule has 0 spiro atoms. The number of hydrogen-bond acceptors (Lipinski definition) is 5. The predicted octanol–water partition coefficient (Wildman–Crippen LogP) is -0.488. The van der Waals surface area contributed by atoms with Crippen LogP contribution < -0.4 is 11.1 Å². The molecule has 0 aliphatic heterocycles. The Morgan fingerprint density at radius 1 is 1.44 bits per heavy atom. The van der Waals surface area contributed by atoms with E-state index in [1.54, 1.807) is 0 Å². The van der Waals surface area contributed by atoms with E-state index in [9.17, 15) is 4.79 Å². The molecule has 4 unspecified atom stereocenters. The summed E-state index contributed by atoms with van der Waals surface area (Å²) in [7, 11) is 0. The monoisotopic (exact) mass is 222 g/mol. The topological polar surface area (TPSA) is 110 Å². The van der Waals surface area contributed by atoms with Gasteiger partial charge in [-0.3, -0.25) is 10.1 Å². The molecule has 1 heterocycles. The Labute approximate surface area is 92.2 Å². The first-order chi connectivity index (χ1) is 7.75. The van der Waals surface area contributed by atoms with Gasteiger partial charge >= 0.3 is 0 Å². The van der Waals surface area contributed by atoms with Gasteiger partial charge in [0.05, 0.1) is 5.92 Å². The number of nitrogens with zero attached hydrogens (tertiary/aromatic N) is 3. The van der Waals surface area contributed by atoms with Gasteiger partial charge in [0.25, 0.3) is 5.95 Å². The Balaban J connectivity index is 1.71. The van der Waals surface area contributed by atoms with E-state index in [2.05, 4.69) is 25.9 Å². The van der Waals surface area contributed by atoms with E-state index < -0.39 is 0 Å². The van der Waals surface area contributed by atoms with E-state index in [1.807, 2.05) is 0 Å². The summed E-state index contributed by atoms with van der Waals surface area (Å²) in [4.78, 5) is 12.0. The number of nitrogens with one attached hydrogen (secondary N) is 2. The minimum absolute atomic E-state index is 0.00866. The molecule has 16 heavy (non-hydrogen) atoms. The van der Waals surface area contributed by atoms with Crippen molar-refractivity contribution in [2.75, 3.05) is 5.32 Å². The highest BCUT2D eigenvalue weighted by Gasteiger charge is 2.49. The predicted molar refractivity (Wildman–Crippen MR) is 55.1 cm³/mol. The van der Waals surface area contributed by atoms with Crippen molar-refractivity contribution in [2.45, 2.75) is 25.3 Å². The van der Waals surface area contributed by atoms with Crippen molar-refractivity contribution in [1.82, 2.24) is 20.6 Å². The van der Waals surface area contributed by atoms with E-state index in [1.165, 1.54) is 0 Å². The van der Waals surface area contributed by atoms with Gasteiger partial charge < -0.3 is 5.73 Å². The van der Waals surface area contributed by atoms with Crippen LogP contribution in [-0.4, -0.2) is 32.6 Å². The van der Waals surface area contributed by atoms with Crippen LogP contribution in [0.2, 0.25) is 0 Å². The number of carbonyl (C=O) groups excluding carboxylic acids is 1. The number of anilines is 1. The summed E-state index contributed by atoms with van der Waals surface area (Å²) in [6.45, 7) is 0. The third-order valence-corrected chi connectivity index (χ3v) is 3.86. The Morgan fingerprint density at radius 3 is 2.88 bits per heavy atom. The lowest BCUT2D eigenvalue weighted by molar-refractivity contribution is -0.121. The van der Waals surface area contributed by atoms with Crippen LogP contribution in [0.15, 0.2) is 0 Å². The second kappa shape index (κ2) is 3.51. The van der Waals surface area contributed by atoms with Crippen LogP contribution in [0.4, 0.5) is 5.95 Å². The fourth-order valence-electron chi connectivity index (χ4n) is 3.13. The van der Waals surface area contributed by atoms with Crippen LogP contribution >= 0.6 is 0 Å². The normalized spacial score (nSPS) is 36.6. The maximum absolute atomic E-state index is 12.0. The zero-order valence-corrected chi connectivity index (χ0v) is 8.76. The summed E-state index contributed by atoms with van der Waals surface area (Å²) >= 11 is 0. The molecule has 1 amide bonds. The van der Waals surface area contributed by atoms with Crippen LogP contribution in [0.3, 0.4) is 0 Å². The second-order valence-corrected chi connectivity index (χ2v) is 4.66. The molecular formula is C9H14N6O. The maximum Gasteiger partial charge on any atom is 0.269 e. The van der Waals surface area contributed by atoms with Crippen molar-refractivity contribution in [3.8, 4) is 0 Å². The Kier molecular flexibility index (Phi) is 2.13. The smallest absolute Gasteiger partial charge is 0.269 e. The molecule has 0 saturated heterocycles. The van der Waals surface area contributed by atoms with Crippen molar-refractivity contribution in [2.24, 2.45) is 23.5 Å². The highest BCUT2D eigenvalue weighted by molar-refractivity contribution is 5.92. The van der Waals surface area contributed by atoms with Gasteiger partial charge in [-0.25, -0.2) is 0 Å². The van der Waals surface area contributed by atoms with Crippen molar-refractivity contribution in [3.63, 3.8) is 0 Å². The number of amides is 1. The molecule has 7 heteroatoms. The fraction of sp³-hybridized carbons (Fsp3) is 0.778. The summed E-state index contributed by atoms with van der Waals surface area (Å²) in [5.74, 6) is 1.02. The first kappa shape index (κ1) is 9.71. The molecule has 2 aliphatic carbocycles. The molecule has 2 saturated carbocycles. The first-order valence-corrected chi connectivity index (χ1v) is 5.55. The third kappa shape index (κ3) is 1.39. The van der Waals surface area contributed by atoms with Crippen LogP contribution in [0.1, 0.15) is 19.3 Å². The molecule has 0 aromatic carbocycles. The number of H-pyrrole nitrogens is 1. The van der Waals surface area contributed by atoms with Crippen LogP contribution in [-0.2, 0) is 4.79 Å². The van der Waals surface area contributed by atoms with Crippen molar-refractivity contribution in [1.29, 1.82) is 0 Å². The highest BCUT2D eigenvalue weighted by atomic mass is 16.2. The van der Waals surface area contributed by atoms with Gasteiger partial charge in [0.2, 0.25) is 5.91 Å². The number of tetrazole rings is 1. The van der Waals surface area contributed by atoms with Gasteiger partial charge in [0, 0.05) is 6.04 Å². The SMILES string of the molecule is NC1C2CCC(C2)C1C(=O)Nc1nn[nH]n1. The number of hydrogen-bond donors (Lipinski definition) is 3. The number of nitrogens with two attached hydrogens (primary N) is 1. The molecule has 86 valence electrons. The lowest BCUT2D eigenvalue weighted by atomic mass is 9.84. The summed E-state index contributed by atoms with van der Waals surface area (Å²) in [6, 6.07) is -0.00866. The largest absolute Gasteiger partial charge is 0.327 e.